The van der Waals surface area contributed by atoms with Gasteiger partial charge in [0.05, 0.1) is 16.4 Å². The van der Waals surface area contributed by atoms with Crippen molar-refractivity contribution < 1.29 is 13.2 Å². The topological polar surface area (TPSA) is 91.0 Å². The maximum absolute atomic E-state index is 13.0. The van der Waals surface area contributed by atoms with Crippen LogP contribution >= 0.6 is 11.3 Å². The summed E-state index contributed by atoms with van der Waals surface area (Å²) in [5.74, 6) is 0.0522. The van der Waals surface area contributed by atoms with Crippen molar-refractivity contribution in [2.45, 2.75) is 39.8 Å². The minimum atomic E-state index is -3.03. The van der Waals surface area contributed by atoms with Gasteiger partial charge in [-0.2, -0.15) is 5.10 Å². The number of rotatable bonds is 5. The first-order valence-electron chi connectivity index (χ1n) is 9.71. The lowest BCUT2D eigenvalue weighted by Gasteiger charge is -2.16. The van der Waals surface area contributed by atoms with Crippen LogP contribution in [0.1, 0.15) is 39.1 Å². The normalized spacial score (nSPS) is 18.0. The summed E-state index contributed by atoms with van der Waals surface area (Å²) in [6.07, 6.45) is 0.551. The molecule has 1 unspecified atom stereocenters. The van der Waals surface area contributed by atoms with Crippen LogP contribution in [-0.4, -0.2) is 40.1 Å². The van der Waals surface area contributed by atoms with E-state index in [1.54, 1.807) is 23.5 Å². The fourth-order valence-electron chi connectivity index (χ4n) is 4.09. The Bertz CT molecular complexity index is 1300. The molecule has 0 N–H and O–H groups in total. The number of ketones is 1. The SMILES string of the molecule is Cc1ccc(-c2ccc(=O)n(CC(=O)c3cc(C)n(C4CCS(=O)(=O)C4)c3C)n2)s1. The number of thiophene rings is 1. The third-order valence-corrected chi connectivity index (χ3v) is 8.28. The Kier molecular flexibility index (Phi) is 5.27. The fraction of sp³-hybridized carbons (Fsp3) is 0.381. The van der Waals surface area contributed by atoms with Crippen LogP contribution in [0.5, 0.6) is 0 Å². The first-order chi connectivity index (χ1) is 14.1. The third kappa shape index (κ3) is 3.91. The van der Waals surface area contributed by atoms with Crippen LogP contribution in [0.2, 0.25) is 0 Å². The number of nitrogens with zero attached hydrogens (tertiary/aromatic N) is 3. The molecule has 1 aliphatic rings. The number of hydrogen-bond donors (Lipinski definition) is 0. The first kappa shape index (κ1) is 20.7. The van der Waals surface area contributed by atoms with Crippen LogP contribution in [-0.2, 0) is 16.4 Å². The number of sulfone groups is 1. The molecule has 9 heteroatoms. The molecule has 0 amide bonds. The summed E-state index contributed by atoms with van der Waals surface area (Å²) >= 11 is 1.58. The average molecular weight is 446 g/mol. The lowest BCUT2D eigenvalue weighted by Crippen LogP contribution is -2.26. The van der Waals surface area contributed by atoms with Crippen LogP contribution in [0.25, 0.3) is 10.6 Å². The summed E-state index contributed by atoms with van der Waals surface area (Å²) in [7, 11) is -3.03. The number of carbonyl (C=O) groups excluding carboxylic acids is 1. The molecule has 4 rings (SSSR count). The summed E-state index contributed by atoms with van der Waals surface area (Å²) < 4.78 is 26.9. The van der Waals surface area contributed by atoms with Gasteiger partial charge in [0.15, 0.2) is 15.6 Å². The van der Waals surface area contributed by atoms with E-state index in [1.165, 1.54) is 10.7 Å². The van der Waals surface area contributed by atoms with E-state index in [9.17, 15) is 18.0 Å². The van der Waals surface area contributed by atoms with Crippen LogP contribution < -0.4 is 5.56 Å². The zero-order valence-corrected chi connectivity index (χ0v) is 18.7. The summed E-state index contributed by atoms with van der Waals surface area (Å²) in [4.78, 5) is 27.4. The summed E-state index contributed by atoms with van der Waals surface area (Å²) in [6.45, 7) is 5.54. The third-order valence-electron chi connectivity index (χ3n) is 5.51. The molecule has 0 aliphatic carbocycles. The van der Waals surface area contributed by atoms with Gasteiger partial charge in [0.2, 0.25) is 0 Å². The highest BCUT2D eigenvalue weighted by molar-refractivity contribution is 7.91. The molecule has 1 fully saturated rings. The molecule has 0 radical (unpaired) electrons. The molecular weight excluding hydrogens is 422 g/mol. The first-order valence-corrected chi connectivity index (χ1v) is 12.4. The van der Waals surface area contributed by atoms with Crippen LogP contribution in [0, 0.1) is 20.8 Å². The Labute approximate surface area is 178 Å². The second-order valence-corrected chi connectivity index (χ2v) is 11.3. The maximum Gasteiger partial charge on any atom is 0.267 e. The van der Waals surface area contributed by atoms with Gasteiger partial charge < -0.3 is 4.57 Å². The van der Waals surface area contributed by atoms with Crippen molar-refractivity contribution >= 4 is 27.0 Å². The Hall–Kier alpha value is -2.52. The molecule has 1 aliphatic heterocycles. The van der Waals surface area contributed by atoms with E-state index in [2.05, 4.69) is 5.10 Å². The Morgan fingerprint density at radius 2 is 1.97 bits per heavy atom. The van der Waals surface area contributed by atoms with Gasteiger partial charge in [0, 0.05) is 33.9 Å². The predicted molar refractivity (Wildman–Crippen MR) is 117 cm³/mol. The molecule has 4 heterocycles. The molecule has 158 valence electrons. The Morgan fingerprint density at radius 3 is 2.60 bits per heavy atom. The van der Waals surface area contributed by atoms with Gasteiger partial charge in [0.25, 0.3) is 5.56 Å². The lowest BCUT2D eigenvalue weighted by molar-refractivity contribution is 0.0965. The van der Waals surface area contributed by atoms with Crippen LogP contribution in [0.15, 0.2) is 35.1 Å². The van der Waals surface area contributed by atoms with E-state index in [4.69, 9.17) is 0 Å². The van der Waals surface area contributed by atoms with Gasteiger partial charge in [-0.05, 0) is 51.5 Å². The van der Waals surface area contributed by atoms with Crippen molar-refractivity contribution in [3.63, 3.8) is 0 Å². The molecule has 0 spiro atoms. The smallest absolute Gasteiger partial charge is 0.267 e. The van der Waals surface area contributed by atoms with Crippen molar-refractivity contribution in [2.24, 2.45) is 0 Å². The minimum Gasteiger partial charge on any atom is -0.344 e. The Balaban J connectivity index is 1.62. The van der Waals surface area contributed by atoms with Crippen molar-refractivity contribution in [1.82, 2.24) is 14.3 Å². The molecule has 0 saturated carbocycles. The molecular formula is C21H23N3O4S2. The lowest BCUT2D eigenvalue weighted by atomic mass is 10.1. The quantitative estimate of drug-likeness (QED) is 0.563. The molecule has 0 aromatic carbocycles. The van der Waals surface area contributed by atoms with Gasteiger partial charge in [0.1, 0.15) is 12.2 Å². The van der Waals surface area contributed by atoms with Gasteiger partial charge in [-0.25, -0.2) is 13.1 Å². The van der Waals surface area contributed by atoms with Gasteiger partial charge in [-0.1, -0.05) is 0 Å². The zero-order chi connectivity index (χ0) is 21.6. The number of Topliss-reactive ketones (excluding diaryl/α,β-unsaturated/α-hetero) is 1. The van der Waals surface area contributed by atoms with Gasteiger partial charge in [-0.3, -0.25) is 9.59 Å². The molecule has 1 saturated heterocycles. The van der Waals surface area contributed by atoms with Crippen molar-refractivity contribution in [3.8, 4) is 10.6 Å². The van der Waals surface area contributed by atoms with Gasteiger partial charge in [-0.15, -0.1) is 11.3 Å². The monoisotopic (exact) mass is 445 g/mol. The van der Waals surface area contributed by atoms with Crippen LogP contribution in [0.3, 0.4) is 0 Å². The predicted octanol–water partition coefficient (Wildman–Crippen LogP) is 2.94. The molecule has 1 atom stereocenters. The highest BCUT2D eigenvalue weighted by Gasteiger charge is 2.31. The number of aromatic nitrogens is 3. The van der Waals surface area contributed by atoms with Crippen LogP contribution in [0.4, 0.5) is 0 Å². The summed E-state index contributed by atoms with van der Waals surface area (Å²) in [5, 5.41) is 4.38. The molecule has 7 nitrogen and oxygen atoms in total. The standard InChI is InChI=1S/C21H23N3O4S2/c1-13-10-17(15(3)24(13)16-8-9-30(27,28)12-16)19(25)11-23-21(26)7-5-18(22-23)20-6-4-14(2)29-20/h4-7,10,16H,8-9,11-12H2,1-3H3. The van der Waals surface area contributed by atoms with E-state index < -0.39 is 9.84 Å². The highest BCUT2D eigenvalue weighted by atomic mass is 32.2. The van der Waals surface area contributed by atoms with E-state index in [-0.39, 0.29) is 35.4 Å². The molecule has 30 heavy (non-hydrogen) atoms. The van der Waals surface area contributed by atoms with Crippen molar-refractivity contribution in [3.05, 3.63) is 62.5 Å². The summed E-state index contributed by atoms with van der Waals surface area (Å²) in [5.41, 5.74) is 2.40. The largest absolute Gasteiger partial charge is 0.344 e. The van der Waals surface area contributed by atoms with Crippen molar-refractivity contribution in [2.75, 3.05) is 11.5 Å². The van der Waals surface area contributed by atoms with Crippen molar-refractivity contribution in [1.29, 1.82) is 0 Å². The number of hydrogen-bond acceptors (Lipinski definition) is 6. The molecule has 3 aromatic rings. The second-order valence-electron chi connectivity index (χ2n) is 7.76. The van der Waals surface area contributed by atoms with E-state index in [0.29, 0.717) is 17.7 Å². The number of aryl methyl sites for hydroxylation is 2. The van der Waals surface area contributed by atoms with E-state index >= 15 is 0 Å². The summed E-state index contributed by atoms with van der Waals surface area (Å²) in [6, 6.07) is 8.66. The zero-order valence-electron chi connectivity index (χ0n) is 17.1. The molecule has 3 aromatic heterocycles. The minimum absolute atomic E-state index is 0.0975. The van der Waals surface area contributed by atoms with E-state index in [1.807, 2.05) is 37.5 Å². The molecule has 0 bridgehead atoms. The Morgan fingerprint density at radius 1 is 1.20 bits per heavy atom. The van der Waals surface area contributed by atoms with Gasteiger partial charge >= 0.3 is 0 Å². The average Bonchev–Trinajstić information content (AvgIpc) is 3.34. The van der Waals surface area contributed by atoms with E-state index in [0.717, 1.165) is 21.1 Å². The fourth-order valence-corrected chi connectivity index (χ4v) is 6.62. The second kappa shape index (κ2) is 7.63. The number of carbonyl (C=O) groups is 1. The highest BCUT2D eigenvalue weighted by Crippen LogP contribution is 2.29. The maximum atomic E-state index is 13.0.